The van der Waals surface area contributed by atoms with Crippen molar-refractivity contribution in [2.75, 3.05) is 6.54 Å². The molecule has 0 aromatic rings. The Kier molecular flexibility index (Phi) is 8.63. The molecule has 4 nitrogen and oxygen atoms in total. The van der Waals surface area contributed by atoms with E-state index in [2.05, 4.69) is 10.0 Å². The fourth-order valence-corrected chi connectivity index (χ4v) is 0.135. The van der Waals surface area contributed by atoms with Crippen LogP contribution in [0, 0.1) is 0 Å². The molecule has 1 unspecified atom stereocenters. The highest BCUT2D eigenvalue weighted by molar-refractivity contribution is 5.85. The van der Waals surface area contributed by atoms with Crippen LogP contribution in [0.25, 0.3) is 10.4 Å². The van der Waals surface area contributed by atoms with Gasteiger partial charge < -0.3 is 5.73 Å². The molecular formula is C3H9ClN4. The fourth-order valence-electron chi connectivity index (χ4n) is 0.135. The Morgan fingerprint density at radius 1 is 1.88 bits per heavy atom. The third-order valence-electron chi connectivity index (χ3n) is 0.590. The Morgan fingerprint density at radius 3 is 2.50 bits per heavy atom. The SMILES string of the molecule is CC(CN)N=[N+]=[N-].Cl. The minimum Gasteiger partial charge on any atom is -0.330 e. The third-order valence-corrected chi connectivity index (χ3v) is 0.590. The number of hydrogen-bond donors (Lipinski definition) is 1. The van der Waals surface area contributed by atoms with Crippen molar-refractivity contribution in [1.29, 1.82) is 0 Å². The van der Waals surface area contributed by atoms with Gasteiger partial charge in [0.15, 0.2) is 0 Å². The van der Waals surface area contributed by atoms with Crippen LogP contribution in [0.5, 0.6) is 0 Å². The monoisotopic (exact) mass is 136 g/mol. The van der Waals surface area contributed by atoms with Crippen LogP contribution in [0.3, 0.4) is 0 Å². The minimum absolute atomic E-state index is 0. The average molecular weight is 137 g/mol. The topological polar surface area (TPSA) is 74.8 Å². The summed E-state index contributed by atoms with van der Waals surface area (Å²) in [6.45, 7) is 2.18. The summed E-state index contributed by atoms with van der Waals surface area (Å²) in [5, 5.41) is 3.30. The van der Waals surface area contributed by atoms with E-state index in [4.69, 9.17) is 11.3 Å². The number of nitrogens with two attached hydrogens (primary N) is 1. The lowest BCUT2D eigenvalue weighted by Crippen LogP contribution is -2.12. The van der Waals surface area contributed by atoms with Crippen molar-refractivity contribution in [3.8, 4) is 0 Å². The summed E-state index contributed by atoms with van der Waals surface area (Å²) < 4.78 is 0. The van der Waals surface area contributed by atoms with E-state index in [0.717, 1.165) is 0 Å². The molecule has 1 atom stereocenters. The van der Waals surface area contributed by atoms with Gasteiger partial charge in [-0.1, -0.05) is 12.0 Å². The number of nitrogens with zero attached hydrogens (tertiary/aromatic N) is 3. The van der Waals surface area contributed by atoms with Gasteiger partial charge in [-0.25, -0.2) is 0 Å². The zero-order valence-electron chi connectivity index (χ0n) is 4.61. The van der Waals surface area contributed by atoms with Crippen LogP contribution in [-0.2, 0) is 0 Å². The van der Waals surface area contributed by atoms with Crippen LogP contribution >= 0.6 is 12.4 Å². The lowest BCUT2D eigenvalue weighted by molar-refractivity contribution is 0.745. The summed E-state index contributed by atoms with van der Waals surface area (Å²) in [5.74, 6) is 0. The molecule has 0 rings (SSSR count). The van der Waals surface area contributed by atoms with E-state index in [1.165, 1.54) is 0 Å². The van der Waals surface area contributed by atoms with Crippen LogP contribution in [0.15, 0.2) is 5.11 Å². The summed E-state index contributed by atoms with van der Waals surface area (Å²) in [6, 6.07) is -0.0648. The zero-order valence-corrected chi connectivity index (χ0v) is 5.43. The standard InChI is InChI=1S/C3H8N4.ClH/c1-3(2-4)6-7-5;/h3H,2,4H2,1H3;1H. The van der Waals surface area contributed by atoms with E-state index in [9.17, 15) is 0 Å². The highest BCUT2D eigenvalue weighted by Gasteiger charge is 1.88. The van der Waals surface area contributed by atoms with Gasteiger partial charge in [-0.3, -0.25) is 0 Å². The van der Waals surface area contributed by atoms with Gasteiger partial charge >= 0.3 is 0 Å². The van der Waals surface area contributed by atoms with E-state index in [1.54, 1.807) is 6.92 Å². The Morgan fingerprint density at radius 2 is 2.38 bits per heavy atom. The van der Waals surface area contributed by atoms with E-state index in [1.807, 2.05) is 0 Å². The molecule has 0 heterocycles. The lowest BCUT2D eigenvalue weighted by atomic mass is 10.4. The molecule has 0 amide bonds. The predicted molar refractivity (Wildman–Crippen MR) is 34.9 cm³/mol. The van der Waals surface area contributed by atoms with Crippen LogP contribution < -0.4 is 5.73 Å². The first-order chi connectivity index (χ1) is 3.31. The second-order valence-electron chi connectivity index (χ2n) is 1.29. The van der Waals surface area contributed by atoms with Gasteiger partial charge in [0.25, 0.3) is 0 Å². The molecule has 0 saturated heterocycles. The zero-order chi connectivity index (χ0) is 5.70. The van der Waals surface area contributed by atoms with Crippen molar-refractivity contribution >= 4 is 12.4 Å². The van der Waals surface area contributed by atoms with E-state index in [0.29, 0.717) is 6.54 Å². The molecule has 2 N–H and O–H groups in total. The molecule has 0 aliphatic carbocycles. The van der Waals surface area contributed by atoms with Gasteiger partial charge in [-0.05, 0) is 5.53 Å². The van der Waals surface area contributed by atoms with Crippen molar-refractivity contribution < 1.29 is 0 Å². The molecule has 5 heteroatoms. The number of rotatable bonds is 2. The van der Waals surface area contributed by atoms with Gasteiger partial charge in [0, 0.05) is 17.5 Å². The first-order valence-electron chi connectivity index (χ1n) is 2.05. The fraction of sp³-hybridized carbons (Fsp3) is 1.00. The molecule has 0 aliphatic rings. The Bertz CT molecular complexity index is 87.3. The molecule has 48 valence electrons. The summed E-state index contributed by atoms with van der Waals surface area (Å²) in [4.78, 5) is 2.55. The van der Waals surface area contributed by atoms with Crippen molar-refractivity contribution in [2.45, 2.75) is 13.0 Å². The maximum atomic E-state index is 7.77. The Labute approximate surface area is 54.1 Å². The van der Waals surface area contributed by atoms with Gasteiger partial charge in [0.05, 0.1) is 0 Å². The van der Waals surface area contributed by atoms with E-state index in [-0.39, 0.29) is 18.4 Å². The maximum absolute atomic E-state index is 7.77. The van der Waals surface area contributed by atoms with Gasteiger partial charge in [-0.2, -0.15) is 0 Å². The van der Waals surface area contributed by atoms with Gasteiger partial charge in [0.2, 0.25) is 0 Å². The Balaban J connectivity index is 0. The van der Waals surface area contributed by atoms with Crippen molar-refractivity contribution in [2.24, 2.45) is 10.8 Å². The van der Waals surface area contributed by atoms with Gasteiger partial charge in [0.1, 0.15) is 0 Å². The predicted octanol–water partition coefficient (Wildman–Crippen LogP) is 1.07. The van der Waals surface area contributed by atoms with Crippen molar-refractivity contribution in [3.05, 3.63) is 10.4 Å². The van der Waals surface area contributed by atoms with E-state index < -0.39 is 0 Å². The number of hydrogen-bond acceptors (Lipinski definition) is 2. The second kappa shape index (κ2) is 6.56. The molecule has 0 aromatic carbocycles. The lowest BCUT2D eigenvalue weighted by Gasteiger charge is -1.92. The van der Waals surface area contributed by atoms with Gasteiger partial charge in [-0.15, -0.1) is 12.4 Å². The first kappa shape index (κ1) is 10.5. The molecule has 0 fully saturated rings. The molecule has 0 spiro atoms. The summed E-state index contributed by atoms with van der Waals surface area (Å²) in [7, 11) is 0. The largest absolute Gasteiger partial charge is 0.330 e. The molecule has 0 aromatic heterocycles. The minimum atomic E-state index is -0.0648. The molecule has 0 bridgehead atoms. The maximum Gasteiger partial charge on any atom is 0.0468 e. The highest BCUT2D eigenvalue weighted by atomic mass is 35.5. The second-order valence-corrected chi connectivity index (χ2v) is 1.29. The number of azide groups is 1. The summed E-state index contributed by atoms with van der Waals surface area (Å²) >= 11 is 0. The molecule has 0 radical (unpaired) electrons. The highest BCUT2D eigenvalue weighted by Crippen LogP contribution is 1.82. The third kappa shape index (κ3) is 5.56. The normalized spacial score (nSPS) is 10.8. The molecule has 0 aliphatic heterocycles. The van der Waals surface area contributed by atoms with Crippen LogP contribution in [-0.4, -0.2) is 12.6 Å². The number of halogens is 1. The van der Waals surface area contributed by atoms with Crippen molar-refractivity contribution in [1.82, 2.24) is 0 Å². The van der Waals surface area contributed by atoms with Crippen LogP contribution in [0.1, 0.15) is 6.92 Å². The molecule has 8 heavy (non-hydrogen) atoms. The molecular weight excluding hydrogens is 128 g/mol. The Hall–Kier alpha value is -0.440. The van der Waals surface area contributed by atoms with Crippen LogP contribution in [0.4, 0.5) is 0 Å². The van der Waals surface area contributed by atoms with Crippen molar-refractivity contribution in [3.63, 3.8) is 0 Å². The van der Waals surface area contributed by atoms with Crippen LogP contribution in [0.2, 0.25) is 0 Å². The summed E-state index contributed by atoms with van der Waals surface area (Å²) in [6.07, 6.45) is 0. The first-order valence-corrected chi connectivity index (χ1v) is 2.05. The smallest absolute Gasteiger partial charge is 0.0468 e. The quantitative estimate of drug-likeness (QED) is 0.344. The summed E-state index contributed by atoms with van der Waals surface area (Å²) in [5.41, 5.74) is 12.9. The molecule has 0 saturated carbocycles. The average Bonchev–Trinajstić information content (AvgIpc) is 1.68. The van der Waals surface area contributed by atoms with E-state index >= 15 is 0 Å².